The van der Waals surface area contributed by atoms with Gasteiger partial charge in [-0.3, -0.25) is 0 Å². The van der Waals surface area contributed by atoms with E-state index in [1.807, 2.05) is 0 Å². The summed E-state index contributed by atoms with van der Waals surface area (Å²) >= 11 is 0. The van der Waals surface area contributed by atoms with E-state index in [0.29, 0.717) is 0 Å². The highest BCUT2D eigenvalue weighted by Crippen LogP contribution is 2.60. The van der Waals surface area contributed by atoms with E-state index < -0.39 is 43.5 Å². The highest BCUT2D eigenvalue weighted by atomic mass is 31.2. The molecule has 0 radical (unpaired) electrons. The van der Waals surface area contributed by atoms with Gasteiger partial charge in [0.2, 0.25) is 0 Å². The lowest BCUT2D eigenvalue weighted by Gasteiger charge is -2.27. The van der Waals surface area contributed by atoms with Gasteiger partial charge in [0.15, 0.2) is 14.3 Å². The second-order valence-corrected chi connectivity index (χ2v) is 13.5. The molecule has 4 aromatic carbocycles. The first-order valence-corrected chi connectivity index (χ1v) is 13.7. The number of benzene rings is 4. The van der Waals surface area contributed by atoms with Crippen LogP contribution in [0.5, 0.6) is 0 Å². The molecule has 0 aliphatic heterocycles. The van der Waals surface area contributed by atoms with E-state index in [9.17, 15) is 26.7 Å². The van der Waals surface area contributed by atoms with Crippen molar-refractivity contribution in [3.05, 3.63) is 120 Å². The molecule has 0 bridgehead atoms. The van der Waals surface area contributed by atoms with Crippen LogP contribution in [-0.2, 0) is 9.13 Å². The van der Waals surface area contributed by atoms with Crippen LogP contribution in [0.3, 0.4) is 0 Å². The summed E-state index contributed by atoms with van der Waals surface area (Å²) in [5.41, 5.74) is 0. The van der Waals surface area contributed by atoms with E-state index >= 15 is 0 Å². The van der Waals surface area contributed by atoms with Gasteiger partial charge >= 0.3 is 0 Å². The third-order valence-corrected chi connectivity index (χ3v) is 13.1. The first-order chi connectivity index (χ1) is 15.8. The molecule has 33 heavy (non-hydrogen) atoms. The Morgan fingerprint density at radius 3 is 1.36 bits per heavy atom. The van der Waals surface area contributed by atoms with Crippen molar-refractivity contribution in [1.29, 1.82) is 0 Å². The summed E-state index contributed by atoms with van der Waals surface area (Å²) < 4.78 is 87.9. The van der Waals surface area contributed by atoms with E-state index in [1.54, 1.807) is 0 Å². The number of rotatable bonds is 6. The zero-order valence-electron chi connectivity index (χ0n) is 17.2. The number of hydrogen-bond acceptors (Lipinski definition) is 2. The summed E-state index contributed by atoms with van der Waals surface area (Å²) in [6, 6.07) is 20.2. The summed E-state index contributed by atoms with van der Waals surface area (Å²) in [5.74, 6) is -4.12. The van der Waals surface area contributed by atoms with Crippen LogP contribution in [0.2, 0.25) is 0 Å². The molecule has 0 saturated carbocycles. The predicted molar refractivity (Wildman–Crippen MR) is 124 cm³/mol. The Labute approximate surface area is 188 Å². The lowest BCUT2D eigenvalue weighted by atomic mass is 10.3. The van der Waals surface area contributed by atoms with Gasteiger partial charge in [0, 0.05) is 5.30 Å². The maximum atomic E-state index is 14.9. The smallest absolute Gasteiger partial charge is 0.156 e. The van der Waals surface area contributed by atoms with Gasteiger partial charge in [0.05, 0.1) is 21.8 Å². The topological polar surface area (TPSA) is 34.1 Å². The fourth-order valence-corrected chi connectivity index (χ4v) is 12.0. The summed E-state index contributed by atoms with van der Waals surface area (Å²) in [7, 11) is -8.48. The lowest BCUT2D eigenvalue weighted by molar-refractivity contribution is 0.576. The molecule has 0 amide bonds. The Kier molecular flexibility index (Phi) is 6.43. The predicted octanol–water partition coefficient (Wildman–Crippen LogP) is 5.53. The zero-order valence-corrected chi connectivity index (χ0v) is 19.0. The largest absolute Gasteiger partial charge is 0.313 e. The molecular weight excluding hydrogens is 470 g/mol. The van der Waals surface area contributed by atoms with Gasteiger partial charge in [-0.15, -0.1) is 0 Å². The molecule has 0 spiro atoms. The van der Waals surface area contributed by atoms with Gasteiger partial charge in [-0.1, -0.05) is 48.5 Å². The fraction of sp³-hybridized carbons (Fsp3) is 0.0400. The number of halogens is 4. The van der Waals surface area contributed by atoms with E-state index in [2.05, 4.69) is 0 Å². The molecule has 0 N–H and O–H groups in total. The minimum absolute atomic E-state index is 0.0968. The van der Waals surface area contributed by atoms with E-state index in [0.717, 1.165) is 30.3 Å². The van der Waals surface area contributed by atoms with Crippen LogP contribution in [0.1, 0.15) is 0 Å². The summed E-state index contributed by atoms with van der Waals surface area (Å²) in [6.45, 7) is 0. The average molecular weight is 488 g/mol. The van der Waals surface area contributed by atoms with Crippen molar-refractivity contribution in [2.24, 2.45) is 0 Å². The van der Waals surface area contributed by atoms with Crippen molar-refractivity contribution < 1.29 is 26.7 Å². The highest BCUT2D eigenvalue weighted by Gasteiger charge is 2.43. The molecular formula is C25H18F4O2P2. The highest BCUT2D eigenvalue weighted by molar-refractivity contribution is 7.94. The SMILES string of the molecule is O=P(CP(=O)(c1ccccc1F)c1ccccc1F)(c1cccc(F)c1)c1ccccc1F. The van der Waals surface area contributed by atoms with Crippen LogP contribution in [0.25, 0.3) is 0 Å². The van der Waals surface area contributed by atoms with E-state index in [1.165, 1.54) is 66.7 Å². The Bertz CT molecular complexity index is 1370. The van der Waals surface area contributed by atoms with Crippen LogP contribution in [0.4, 0.5) is 17.6 Å². The van der Waals surface area contributed by atoms with Gasteiger partial charge in [-0.2, -0.15) is 0 Å². The van der Waals surface area contributed by atoms with Gasteiger partial charge in [-0.05, 0) is 48.5 Å². The van der Waals surface area contributed by atoms with Crippen LogP contribution in [-0.4, -0.2) is 5.90 Å². The van der Waals surface area contributed by atoms with Crippen molar-refractivity contribution in [1.82, 2.24) is 0 Å². The Morgan fingerprint density at radius 1 is 0.515 bits per heavy atom. The number of hydrogen-bond donors (Lipinski definition) is 0. The Morgan fingerprint density at radius 2 is 0.939 bits per heavy atom. The Balaban J connectivity index is 2.04. The molecule has 2 nitrogen and oxygen atoms in total. The van der Waals surface area contributed by atoms with Crippen molar-refractivity contribution in [2.45, 2.75) is 0 Å². The summed E-state index contributed by atoms with van der Waals surface area (Å²) in [5, 5.41) is -1.05. The minimum atomic E-state index is -4.29. The lowest BCUT2D eigenvalue weighted by Crippen LogP contribution is -2.29. The third kappa shape index (κ3) is 4.34. The van der Waals surface area contributed by atoms with E-state index in [4.69, 9.17) is 0 Å². The van der Waals surface area contributed by atoms with Crippen LogP contribution in [0.15, 0.2) is 97.1 Å². The van der Waals surface area contributed by atoms with Crippen molar-refractivity contribution in [2.75, 3.05) is 5.90 Å². The first kappa shape index (κ1) is 23.2. The molecule has 8 heteroatoms. The van der Waals surface area contributed by atoms with Gasteiger partial charge in [0.25, 0.3) is 0 Å². The van der Waals surface area contributed by atoms with Crippen molar-refractivity contribution in [3.8, 4) is 0 Å². The zero-order chi connectivity index (χ0) is 23.6. The van der Waals surface area contributed by atoms with Crippen LogP contribution in [0, 0.1) is 23.3 Å². The first-order valence-electron chi connectivity index (χ1n) is 9.95. The minimum Gasteiger partial charge on any atom is -0.313 e. The molecule has 0 heterocycles. The Hall–Kier alpha value is -2.94. The quantitative estimate of drug-likeness (QED) is 0.264. The van der Waals surface area contributed by atoms with Gasteiger partial charge < -0.3 is 9.13 Å². The van der Waals surface area contributed by atoms with Crippen molar-refractivity contribution in [3.63, 3.8) is 0 Å². The maximum Gasteiger partial charge on any atom is 0.156 e. The standard InChI is InChI=1S/C25H18F4O2P2/c26-18-8-7-9-19(16-18)32(30,23-13-4-1-10-20(23)27)17-33(31,24-14-5-2-11-21(24)28)25-15-6-3-12-22(25)29/h1-16H,17H2. The van der Waals surface area contributed by atoms with Crippen LogP contribution >= 0.6 is 14.3 Å². The summed E-state index contributed by atoms with van der Waals surface area (Å²) in [4.78, 5) is 0. The molecule has 1 unspecified atom stereocenters. The fourth-order valence-electron chi connectivity index (χ4n) is 3.79. The third-order valence-electron chi connectivity index (χ3n) is 5.35. The second kappa shape index (κ2) is 9.13. The summed E-state index contributed by atoms with van der Waals surface area (Å²) in [6.07, 6.45) is 0. The van der Waals surface area contributed by atoms with Crippen LogP contribution < -0.4 is 21.2 Å². The molecule has 4 rings (SSSR count). The van der Waals surface area contributed by atoms with Gasteiger partial charge in [0.1, 0.15) is 23.3 Å². The molecule has 0 saturated heterocycles. The molecule has 0 fully saturated rings. The monoisotopic (exact) mass is 488 g/mol. The molecule has 4 aromatic rings. The molecule has 1 atom stereocenters. The van der Waals surface area contributed by atoms with E-state index in [-0.39, 0.29) is 21.2 Å². The average Bonchev–Trinajstić information content (AvgIpc) is 2.79. The van der Waals surface area contributed by atoms with Crippen molar-refractivity contribution >= 4 is 35.5 Å². The molecule has 0 aromatic heterocycles. The molecule has 168 valence electrons. The second-order valence-electron chi connectivity index (χ2n) is 7.45. The molecule has 0 aliphatic rings. The maximum absolute atomic E-state index is 14.9. The normalized spacial score (nSPS) is 13.5. The molecule has 0 aliphatic carbocycles. The van der Waals surface area contributed by atoms with Gasteiger partial charge in [-0.25, -0.2) is 17.6 Å².